The van der Waals surface area contributed by atoms with Crippen LogP contribution in [0.3, 0.4) is 0 Å². The third-order valence-corrected chi connectivity index (χ3v) is 5.47. The van der Waals surface area contributed by atoms with Crippen molar-refractivity contribution in [3.8, 4) is 11.3 Å². The van der Waals surface area contributed by atoms with Crippen LogP contribution in [-0.4, -0.2) is 66.1 Å². The van der Waals surface area contributed by atoms with E-state index < -0.39 is 0 Å². The van der Waals surface area contributed by atoms with E-state index in [9.17, 15) is 0 Å². The van der Waals surface area contributed by atoms with Crippen molar-refractivity contribution in [3.63, 3.8) is 0 Å². The van der Waals surface area contributed by atoms with Gasteiger partial charge >= 0.3 is 0 Å². The molecule has 4 rings (SSSR count). The summed E-state index contributed by atoms with van der Waals surface area (Å²) in [5, 5.41) is 12.5. The highest BCUT2D eigenvalue weighted by Gasteiger charge is 2.21. The van der Waals surface area contributed by atoms with Crippen LogP contribution in [0, 0.1) is 0 Å². The Hall–Kier alpha value is -2.48. The third-order valence-electron chi connectivity index (χ3n) is 5.47. The lowest BCUT2D eigenvalue weighted by Crippen LogP contribution is -2.40. The number of rotatable bonds is 9. The van der Waals surface area contributed by atoms with Gasteiger partial charge in [0.25, 0.3) is 0 Å². The smallest absolute Gasteiger partial charge is 0.160 e. The summed E-state index contributed by atoms with van der Waals surface area (Å²) in [6, 6.07) is 11.4. The first-order chi connectivity index (χ1) is 14.5. The first-order valence-corrected chi connectivity index (χ1v) is 10.7. The summed E-state index contributed by atoms with van der Waals surface area (Å²) in [6.45, 7) is 8.65. The van der Waals surface area contributed by atoms with Crippen LogP contribution in [0.2, 0.25) is 0 Å². The molecule has 1 saturated heterocycles. The average molecular weight is 409 g/mol. The first-order valence-electron chi connectivity index (χ1n) is 10.7. The number of pyridine rings is 1. The molecule has 7 nitrogen and oxygen atoms in total. The number of nitrogens with one attached hydrogen (secondary N) is 2. The number of likely N-dealkylation sites (N-methyl/N-ethyl adjacent to an activating group) is 2. The maximum Gasteiger partial charge on any atom is 0.160 e. The van der Waals surface area contributed by atoms with E-state index in [4.69, 9.17) is 9.72 Å². The molecule has 0 amide bonds. The predicted octanol–water partition coefficient (Wildman–Crippen LogP) is 3.14. The summed E-state index contributed by atoms with van der Waals surface area (Å²) >= 11 is 0. The van der Waals surface area contributed by atoms with Gasteiger partial charge < -0.3 is 20.3 Å². The summed E-state index contributed by atoms with van der Waals surface area (Å²) in [5.41, 5.74) is 5.37. The lowest BCUT2D eigenvalue weighted by atomic mass is 10.1. The largest absolute Gasteiger partial charge is 0.377 e. The number of hydrogen-bond acceptors (Lipinski definition) is 6. The molecular weight excluding hydrogens is 376 g/mol. The highest BCUT2D eigenvalue weighted by atomic mass is 16.5. The molecule has 1 aromatic carbocycles. The number of anilines is 1. The number of aromatic nitrogens is 3. The van der Waals surface area contributed by atoms with Gasteiger partial charge in [-0.1, -0.05) is 18.2 Å². The van der Waals surface area contributed by atoms with Crippen molar-refractivity contribution in [2.24, 2.45) is 0 Å². The van der Waals surface area contributed by atoms with Gasteiger partial charge in [-0.2, -0.15) is 5.10 Å². The van der Waals surface area contributed by atoms with Gasteiger partial charge in [-0.05, 0) is 45.6 Å². The Morgan fingerprint density at radius 3 is 2.80 bits per heavy atom. The Kier molecular flexibility index (Phi) is 6.32. The van der Waals surface area contributed by atoms with Crippen LogP contribution in [0.1, 0.15) is 25.5 Å². The Morgan fingerprint density at radius 2 is 2.10 bits per heavy atom. The summed E-state index contributed by atoms with van der Waals surface area (Å²) in [5.74, 6) is 0. The lowest BCUT2D eigenvalue weighted by molar-refractivity contribution is 0.0211. The zero-order valence-corrected chi connectivity index (χ0v) is 18.4. The van der Waals surface area contributed by atoms with E-state index in [1.807, 2.05) is 17.9 Å². The van der Waals surface area contributed by atoms with E-state index in [-0.39, 0.29) is 6.04 Å². The highest BCUT2D eigenvalue weighted by Crippen LogP contribution is 2.31. The molecule has 0 bridgehead atoms. The average Bonchev–Trinajstić information content (AvgIpc) is 3.13. The molecule has 0 aliphatic carbocycles. The van der Waals surface area contributed by atoms with Crippen molar-refractivity contribution in [1.29, 1.82) is 0 Å². The van der Waals surface area contributed by atoms with Gasteiger partial charge in [0.15, 0.2) is 5.65 Å². The van der Waals surface area contributed by atoms with Crippen LogP contribution in [0.25, 0.3) is 22.3 Å². The van der Waals surface area contributed by atoms with Crippen LogP contribution in [0.15, 0.2) is 36.5 Å². The van der Waals surface area contributed by atoms with Crippen molar-refractivity contribution >= 4 is 16.7 Å². The molecule has 1 aliphatic heterocycles. The summed E-state index contributed by atoms with van der Waals surface area (Å²) in [6.07, 6.45) is 1.92. The fourth-order valence-electron chi connectivity index (χ4n) is 3.72. The minimum atomic E-state index is 0.247. The summed E-state index contributed by atoms with van der Waals surface area (Å²) < 4.78 is 7.35. The molecule has 0 atom stereocenters. The Labute approximate surface area is 178 Å². The first kappa shape index (κ1) is 20.8. The quantitative estimate of drug-likeness (QED) is 0.567. The standard InChI is InChI=1S/C23H32N6O/c1-16(2)29-23-20(12-25-29)22(26-19-14-30-15-19)11-21(27-23)18-7-5-6-17(10-18)13-28(4)9-8-24-3/h5-7,10-12,16,19,24H,8-9,13-15H2,1-4H3,(H,26,27). The van der Waals surface area contributed by atoms with Gasteiger partial charge in [0.1, 0.15) is 0 Å². The second-order valence-electron chi connectivity index (χ2n) is 8.40. The minimum Gasteiger partial charge on any atom is -0.377 e. The van der Waals surface area contributed by atoms with Crippen LogP contribution < -0.4 is 10.6 Å². The molecular formula is C23H32N6O. The molecule has 160 valence electrons. The molecule has 2 aromatic heterocycles. The van der Waals surface area contributed by atoms with Crippen molar-refractivity contribution < 1.29 is 4.74 Å². The molecule has 30 heavy (non-hydrogen) atoms. The molecule has 0 unspecified atom stereocenters. The zero-order chi connectivity index (χ0) is 21.1. The van der Waals surface area contributed by atoms with Gasteiger partial charge in [-0.25, -0.2) is 9.67 Å². The fourth-order valence-corrected chi connectivity index (χ4v) is 3.72. The van der Waals surface area contributed by atoms with Gasteiger partial charge in [0, 0.05) is 36.9 Å². The van der Waals surface area contributed by atoms with E-state index in [1.165, 1.54) is 5.56 Å². The molecule has 3 aromatic rings. The maximum absolute atomic E-state index is 5.35. The topological polar surface area (TPSA) is 67.2 Å². The molecule has 3 heterocycles. The fraction of sp³-hybridized carbons (Fsp3) is 0.478. The van der Waals surface area contributed by atoms with Gasteiger partial charge in [0.2, 0.25) is 0 Å². The van der Waals surface area contributed by atoms with Crippen molar-refractivity contribution in [1.82, 2.24) is 25.0 Å². The number of ether oxygens (including phenoxy) is 1. The number of hydrogen-bond donors (Lipinski definition) is 2. The predicted molar refractivity (Wildman–Crippen MR) is 122 cm³/mol. The van der Waals surface area contributed by atoms with Crippen LogP contribution in [-0.2, 0) is 11.3 Å². The highest BCUT2D eigenvalue weighted by molar-refractivity contribution is 5.92. The van der Waals surface area contributed by atoms with E-state index in [0.717, 1.165) is 60.8 Å². The second-order valence-corrected chi connectivity index (χ2v) is 8.40. The molecule has 2 N–H and O–H groups in total. The maximum atomic E-state index is 5.35. The minimum absolute atomic E-state index is 0.247. The normalized spacial score (nSPS) is 14.6. The lowest BCUT2D eigenvalue weighted by Gasteiger charge is -2.28. The SMILES string of the molecule is CNCCN(C)Cc1cccc(-c2cc(NC3COC3)c3cnn(C(C)C)c3n2)c1. The Morgan fingerprint density at radius 1 is 1.27 bits per heavy atom. The Balaban J connectivity index is 1.69. The van der Waals surface area contributed by atoms with E-state index in [1.54, 1.807) is 0 Å². The molecule has 0 spiro atoms. The number of fused-ring (bicyclic) bond motifs is 1. The van der Waals surface area contributed by atoms with Gasteiger partial charge in [-0.3, -0.25) is 0 Å². The monoisotopic (exact) mass is 408 g/mol. The third kappa shape index (κ3) is 4.48. The molecule has 7 heteroatoms. The van der Waals surface area contributed by atoms with Gasteiger partial charge in [0.05, 0.1) is 36.5 Å². The van der Waals surface area contributed by atoms with Crippen LogP contribution >= 0.6 is 0 Å². The number of benzene rings is 1. The molecule has 1 fully saturated rings. The molecule has 0 radical (unpaired) electrons. The summed E-state index contributed by atoms with van der Waals surface area (Å²) in [7, 11) is 4.14. The van der Waals surface area contributed by atoms with Crippen molar-refractivity contribution in [3.05, 3.63) is 42.1 Å². The van der Waals surface area contributed by atoms with E-state index >= 15 is 0 Å². The summed E-state index contributed by atoms with van der Waals surface area (Å²) in [4.78, 5) is 7.34. The number of nitrogens with zero attached hydrogens (tertiary/aromatic N) is 4. The van der Waals surface area contributed by atoms with Gasteiger partial charge in [-0.15, -0.1) is 0 Å². The Bertz CT molecular complexity index is 995. The van der Waals surface area contributed by atoms with Crippen LogP contribution in [0.4, 0.5) is 5.69 Å². The van der Waals surface area contributed by atoms with Crippen molar-refractivity contribution in [2.45, 2.75) is 32.5 Å². The van der Waals surface area contributed by atoms with E-state index in [2.05, 4.69) is 71.9 Å². The zero-order valence-electron chi connectivity index (χ0n) is 18.4. The van der Waals surface area contributed by atoms with Crippen molar-refractivity contribution in [2.75, 3.05) is 45.7 Å². The molecule has 0 saturated carbocycles. The van der Waals surface area contributed by atoms with E-state index in [0.29, 0.717) is 6.04 Å². The van der Waals surface area contributed by atoms with Crippen LogP contribution in [0.5, 0.6) is 0 Å². The second kappa shape index (κ2) is 9.12. The molecule has 1 aliphatic rings.